The Morgan fingerprint density at radius 1 is 0.774 bits per heavy atom. The molecule has 29 heteroatoms. The third kappa shape index (κ3) is 31.7. The number of aromatic nitrogens is 4. The van der Waals surface area contributed by atoms with Crippen molar-refractivity contribution >= 4 is 69.1 Å². The number of aliphatic hydroxyl groups excluding tert-OH is 3. The van der Waals surface area contributed by atoms with Crippen molar-refractivity contribution in [3.8, 4) is 0 Å². The van der Waals surface area contributed by atoms with E-state index in [-0.39, 0.29) is 53.8 Å². The Morgan fingerprint density at radius 3 is 1.90 bits per heavy atom. The van der Waals surface area contributed by atoms with E-state index in [1.807, 2.05) is 0 Å². The summed E-state index contributed by atoms with van der Waals surface area (Å²) in [5.41, 5.74) is 4.07. The summed E-state index contributed by atoms with van der Waals surface area (Å²) in [6.45, 7) is 2.14. The van der Waals surface area contributed by atoms with Crippen LogP contribution in [0.25, 0.3) is 11.2 Å². The van der Waals surface area contributed by atoms with Crippen molar-refractivity contribution in [2.24, 2.45) is 5.41 Å². The van der Waals surface area contributed by atoms with Crippen molar-refractivity contribution in [3.63, 3.8) is 0 Å². The fourth-order valence-corrected chi connectivity index (χ4v) is 12.1. The molecule has 3 heterocycles. The molecule has 84 heavy (non-hydrogen) atoms. The lowest BCUT2D eigenvalue weighted by atomic mass is 9.87. The predicted octanol–water partition coefficient (Wildman–Crippen LogP) is 6.49. The van der Waals surface area contributed by atoms with Crippen LogP contribution in [0.3, 0.4) is 0 Å². The van der Waals surface area contributed by atoms with E-state index in [1.54, 1.807) is 0 Å². The monoisotopic (exact) mass is 1260 g/mol. The molecule has 2 aromatic heterocycles. The maximum Gasteiger partial charge on any atom is 0.274 e. The molecule has 25 nitrogen and oxygen atoms in total. The summed E-state index contributed by atoms with van der Waals surface area (Å²) in [7, 11) is -17.7. The quantitative estimate of drug-likeness (QED) is 0.0234. The topological polar surface area (TPSA) is 395 Å². The lowest BCUT2D eigenvalue weighted by molar-refractivity contribution is -0.347. The highest BCUT2D eigenvalue weighted by atomic mass is 32.2. The van der Waals surface area contributed by atoms with Gasteiger partial charge in [-0.3, -0.25) is 28.1 Å². The fourth-order valence-electron chi connectivity index (χ4n) is 8.58. The Balaban J connectivity index is 1.16. The molecular weight excluding hydrogens is 1170 g/mol. The molecule has 1 aliphatic rings. The zero-order valence-electron chi connectivity index (χ0n) is 48.6. The van der Waals surface area contributed by atoms with Gasteiger partial charge in [0.25, 0.3) is 15.6 Å². The largest absolute Gasteiger partial charge is 0.790 e. The predicted molar refractivity (Wildman–Crippen MR) is 313 cm³/mol. The standard InChI is InChI=1S/C55H92N7O18P3S/c1-4-5-6-7-8-9-10-11-12-13-14-15-16-17-18-19-20-21-22-23-24-25-26-27-28-29-30-31-32-33-43(63)38-46(65)84-37-36-57-45(64)34-35-58-53(68)50(67)55(2,3)40-77-83(74,75)80-82(72,73)76-39-44-49(79-81(69,70)71)48(66)54(78-44)62-42-61-47-51(56)59-41-60-52(47)62/h5-6,8-9,11-12,14-15,17-18,41-44,48-50,54,63,66-67H,4,7,10,13,16,19-40H2,1-3H3,(H,57,64)(H,58,68)(H,72,73)(H,74,75)(H2,56,59,60)(H2,69,70,71)/p-4/b6-5-,9-8-,12-11-,15-14-,18-17-/t43-,44-,48-,49-,50+,54-/m1/s1. The summed E-state index contributed by atoms with van der Waals surface area (Å²) < 4.78 is 61.0. The number of hydrogen-bond donors (Lipinski definition) is 6. The zero-order chi connectivity index (χ0) is 61.9. The number of phosphoric ester groups is 3. The molecule has 2 aromatic rings. The maximum absolute atomic E-state index is 12.7. The second-order valence-electron chi connectivity index (χ2n) is 20.9. The number of fused-ring (bicyclic) bond motifs is 1. The van der Waals surface area contributed by atoms with Crippen LogP contribution in [0.4, 0.5) is 5.82 Å². The Hall–Kier alpha value is -3.78. The van der Waals surface area contributed by atoms with Crippen LogP contribution < -0.4 is 35.9 Å². The number of nitrogens with two attached hydrogens (primary N) is 1. The summed E-state index contributed by atoms with van der Waals surface area (Å²) in [4.78, 5) is 97.4. The number of nitrogens with zero attached hydrogens (tertiary/aromatic N) is 4. The number of aliphatic hydroxyl groups is 3. The first-order chi connectivity index (χ1) is 39.9. The van der Waals surface area contributed by atoms with Gasteiger partial charge in [-0.2, -0.15) is 0 Å². The first-order valence-corrected chi connectivity index (χ1v) is 34.2. The molecule has 1 fully saturated rings. The first-order valence-electron chi connectivity index (χ1n) is 28.9. The van der Waals surface area contributed by atoms with Crippen LogP contribution in [0.5, 0.6) is 0 Å². The van der Waals surface area contributed by atoms with Gasteiger partial charge in [-0.05, 0) is 51.4 Å². The molecule has 0 aromatic carbocycles. The van der Waals surface area contributed by atoms with Gasteiger partial charge in [-0.1, -0.05) is 170 Å². The Bertz CT molecular complexity index is 2560. The van der Waals surface area contributed by atoms with Gasteiger partial charge in [0.05, 0.1) is 33.5 Å². The zero-order valence-corrected chi connectivity index (χ0v) is 52.1. The number of allylic oxidation sites excluding steroid dienone is 10. The molecule has 7 N–H and O–H groups in total. The highest BCUT2D eigenvalue weighted by Gasteiger charge is 2.47. The number of phosphoric acid groups is 3. The van der Waals surface area contributed by atoms with E-state index in [1.165, 1.54) is 78.1 Å². The summed E-state index contributed by atoms with van der Waals surface area (Å²) in [5.74, 6) is -1.33. The lowest BCUT2D eigenvalue weighted by Gasteiger charge is -2.36. The van der Waals surface area contributed by atoms with E-state index in [0.29, 0.717) is 6.42 Å². The number of hydrogen-bond acceptors (Lipinski definition) is 23. The molecule has 8 atom stereocenters. The van der Waals surface area contributed by atoms with Crippen molar-refractivity contribution in [3.05, 3.63) is 73.4 Å². The average molecular weight is 1260 g/mol. The highest BCUT2D eigenvalue weighted by molar-refractivity contribution is 8.13. The summed E-state index contributed by atoms with van der Waals surface area (Å²) in [6, 6.07) is 0. The van der Waals surface area contributed by atoms with Crippen molar-refractivity contribution in [1.29, 1.82) is 0 Å². The second-order valence-corrected chi connectivity index (χ2v) is 26.2. The number of rotatable bonds is 46. The minimum atomic E-state index is -5.94. The number of thioether (sulfide) groups is 1. The number of carbonyl (C=O) groups excluding carboxylic acids is 3. The molecular formula is C55H88N7O18P3S-4. The van der Waals surface area contributed by atoms with Crippen LogP contribution in [0, 0.1) is 5.41 Å². The minimum absolute atomic E-state index is 0.00922. The van der Waals surface area contributed by atoms with Crippen molar-refractivity contribution in [1.82, 2.24) is 30.2 Å². The van der Waals surface area contributed by atoms with E-state index >= 15 is 0 Å². The second kappa shape index (κ2) is 40.6. The molecule has 0 bridgehead atoms. The van der Waals surface area contributed by atoms with Gasteiger partial charge >= 0.3 is 0 Å². The number of unbranched alkanes of at least 4 members (excludes halogenated alkanes) is 13. The molecule has 2 amide bonds. The Morgan fingerprint density at radius 2 is 1.32 bits per heavy atom. The summed E-state index contributed by atoms with van der Waals surface area (Å²) in [5, 5.41) is 36.6. The highest BCUT2D eigenvalue weighted by Crippen LogP contribution is 2.56. The normalized spacial score (nSPS) is 19.3. The summed E-state index contributed by atoms with van der Waals surface area (Å²) in [6.07, 6.45) is 36.3. The SMILES string of the molecule is CC/C=C\C/C=C\C/C=C\C/C=C\C/C=C\CCCCCCCCCCCCCCC[C@@H](O)CC(=O)SCCNC(=O)CCNC(=O)[C@H](O)C(C)(C)COP(=O)([O-])OP(=O)([O-])OC[C@H]1O[C@@H](n2cnc3c(N)ncnc32)[C@H](O)[C@@H]1OP(=O)([O-])[O-]. The molecule has 0 saturated carbocycles. The van der Waals surface area contributed by atoms with E-state index in [0.717, 1.165) is 86.8 Å². The van der Waals surface area contributed by atoms with Gasteiger partial charge in [-0.25, -0.2) is 19.3 Å². The Labute approximate surface area is 498 Å². The van der Waals surface area contributed by atoms with Gasteiger partial charge in [0.15, 0.2) is 22.8 Å². The molecule has 2 unspecified atom stereocenters. The number of amides is 2. The van der Waals surface area contributed by atoms with Gasteiger partial charge in [0.2, 0.25) is 11.8 Å². The fraction of sp³-hybridized carbons (Fsp3) is 0.673. The van der Waals surface area contributed by atoms with E-state index in [9.17, 15) is 63.0 Å². The van der Waals surface area contributed by atoms with Crippen LogP contribution in [0.2, 0.25) is 0 Å². The van der Waals surface area contributed by atoms with Crippen molar-refractivity contribution in [2.75, 3.05) is 37.8 Å². The average Bonchev–Trinajstić information content (AvgIpc) is 2.09. The lowest BCUT2D eigenvalue weighted by Crippen LogP contribution is -2.46. The molecule has 0 aliphatic carbocycles. The molecule has 0 radical (unpaired) electrons. The number of nitrogen functional groups attached to an aromatic ring is 1. The van der Waals surface area contributed by atoms with Crippen molar-refractivity contribution < 1.29 is 85.6 Å². The number of nitrogens with one attached hydrogen (secondary N) is 2. The van der Waals surface area contributed by atoms with Gasteiger partial charge in [0, 0.05) is 37.1 Å². The van der Waals surface area contributed by atoms with Crippen LogP contribution in [0.1, 0.15) is 168 Å². The van der Waals surface area contributed by atoms with E-state index in [2.05, 4.69) is 111 Å². The summed E-state index contributed by atoms with van der Waals surface area (Å²) >= 11 is 0.990. The molecule has 476 valence electrons. The number of carbonyl (C=O) groups is 3. The first kappa shape index (κ1) is 74.5. The van der Waals surface area contributed by atoms with Crippen molar-refractivity contribution in [2.45, 2.75) is 199 Å². The van der Waals surface area contributed by atoms with Crippen LogP contribution in [-0.4, -0.2) is 114 Å². The molecule has 1 aliphatic heterocycles. The third-order valence-electron chi connectivity index (χ3n) is 13.2. The van der Waals surface area contributed by atoms with E-state index in [4.69, 9.17) is 10.5 Å². The van der Waals surface area contributed by atoms with Crippen LogP contribution in [-0.2, 0) is 50.7 Å². The molecule has 3 rings (SSSR count). The minimum Gasteiger partial charge on any atom is -0.790 e. The molecule has 1 saturated heterocycles. The van der Waals surface area contributed by atoms with Gasteiger partial charge < -0.3 is 74.1 Å². The molecule has 0 spiro atoms. The van der Waals surface area contributed by atoms with E-state index < -0.39 is 90.7 Å². The maximum atomic E-state index is 12.7. The number of imidazole rings is 1. The smallest absolute Gasteiger partial charge is 0.274 e. The van der Waals surface area contributed by atoms with Crippen LogP contribution in [0.15, 0.2) is 73.4 Å². The number of anilines is 1. The van der Waals surface area contributed by atoms with Gasteiger partial charge in [0.1, 0.15) is 36.3 Å². The third-order valence-corrected chi connectivity index (χ3v) is 17.1. The number of ether oxygens (including phenoxy) is 1. The van der Waals surface area contributed by atoms with Crippen LogP contribution >= 0.6 is 35.2 Å². The van der Waals surface area contributed by atoms with Gasteiger partial charge in [-0.15, -0.1) is 0 Å². The Kier molecular flexibility index (Phi) is 36.0.